The lowest BCUT2D eigenvalue weighted by molar-refractivity contribution is -0.118. The number of hydrogen-bond acceptors (Lipinski definition) is 25. The van der Waals surface area contributed by atoms with Gasteiger partial charge in [0, 0.05) is 145 Å². The standard InChI is InChI=1S/C13H17F2NO2.C12H17NO3.C10H19F2NO2.C8H13F2NO2.2C8H15F2NO2.2C8H16FNO2/c14-13(15)10-7-16(8-11(17)12(10)18)6-9-4-2-1-3-5-9;14-10-7-13-6-9(12(10)16)11(15)8-4-2-1-3-5-8;1-2-3-4-13-5-7(10(11)12)9(15)8(14)6-13;9-8(10)1-5(8)4-2-11-3-6(12)7(4)13;2*1-2-4-6(8(9)10)7(13)5(12)3-11-4;2*1-2-6-5(3-9)8(12)7(11)4-10-6/h1-5,10-13,17-18H,6-8H2;1-5,9-16H,6-7H2;7-10,14-15H,2-6H2,1H3;4-7,11-13H,1-3H2;2*4-8,11-13H,2-3H2,1H3;2*5-8,10-12H,2-4H2,1H3/t10-,11+,12+;9-,10-,11?,12-;7-,8+,9+;4-,5?,6-,7-;4-,5+,6-,7-;4-,5-,6+,7+;5-,6+,7+,8+;5-,6-,7+,8+/m01010100/s1. The van der Waals surface area contributed by atoms with Crippen LogP contribution in [0, 0.1) is 53.3 Å². The average molecular weight is 1640 g/mol. The summed E-state index contributed by atoms with van der Waals surface area (Å²) in [5.41, 5.74) is 1.77. The maximum Gasteiger partial charge on any atom is 0.252 e. The molecule has 25 nitrogen and oxygen atoms in total. The minimum Gasteiger partial charge on any atom is -0.390 e. The molecule has 8 saturated heterocycles. The molecule has 9 fully saturated rings. The summed E-state index contributed by atoms with van der Waals surface area (Å²) in [5.74, 6) is -9.78. The number of piperidine rings is 8. The number of rotatable bonds is 18. The Morgan fingerprint density at radius 1 is 0.402 bits per heavy atom. The van der Waals surface area contributed by atoms with Crippen LogP contribution < -0.4 is 31.9 Å². The van der Waals surface area contributed by atoms with Crippen LogP contribution in [0.4, 0.5) is 52.7 Å². The molecular formula is C75H128F12N8O17. The van der Waals surface area contributed by atoms with Crippen molar-refractivity contribution in [2.75, 3.05) is 98.4 Å². The summed E-state index contributed by atoms with van der Waals surface area (Å²) in [6, 6.07) is 17.9. The number of nitrogens with zero attached hydrogens (tertiary/aromatic N) is 2. The zero-order valence-corrected chi connectivity index (χ0v) is 64.2. The number of β-amino-alcohol motifs (C(OH)–C–C–N with tert-alkyl or cyclic N) is 8. The van der Waals surface area contributed by atoms with Crippen LogP contribution in [0.3, 0.4) is 0 Å². The van der Waals surface area contributed by atoms with Crippen molar-refractivity contribution in [2.24, 2.45) is 53.3 Å². The minimum absolute atomic E-state index is 0.00611. The van der Waals surface area contributed by atoms with Crippen molar-refractivity contribution < 1.29 is 139 Å². The van der Waals surface area contributed by atoms with Gasteiger partial charge in [0.2, 0.25) is 25.7 Å². The van der Waals surface area contributed by atoms with Crippen LogP contribution in [-0.4, -0.2) is 348 Å². The largest absolute Gasteiger partial charge is 0.390 e. The number of nitrogens with one attached hydrogen (secondary N) is 6. The summed E-state index contributed by atoms with van der Waals surface area (Å²) >= 11 is 0. The summed E-state index contributed by atoms with van der Waals surface area (Å²) in [6.07, 6.45) is -23.4. The molecule has 2 aromatic rings. The van der Waals surface area contributed by atoms with Crippen molar-refractivity contribution in [3.8, 4) is 0 Å². The highest BCUT2D eigenvalue weighted by Gasteiger charge is 2.62. The molecule has 37 heteroatoms. The third-order valence-corrected chi connectivity index (χ3v) is 22.5. The monoisotopic (exact) mass is 1640 g/mol. The smallest absolute Gasteiger partial charge is 0.252 e. The Morgan fingerprint density at radius 3 is 1.14 bits per heavy atom. The third-order valence-electron chi connectivity index (χ3n) is 22.5. The molecule has 30 atom stereocenters. The number of aliphatic hydroxyl groups is 17. The summed E-state index contributed by atoms with van der Waals surface area (Å²) in [4.78, 5) is 3.56. The summed E-state index contributed by atoms with van der Waals surface area (Å²) < 4.78 is 151. The topological polar surface area (TPSA) is 423 Å². The second-order valence-electron chi connectivity index (χ2n) is 30.5. The van der Waals surface area contributed by atoms with E-state index in [-0.39, 0.29) is 63.7 Å². The number of aliphatic hydroxyl groups excluding tert-OH is 17. The fourth-order valence-electron chi connectivity index (χ4n) is 15.4. The van der Waals surface area contributed by atoms with Gasteiger partial charge >= 0.3 is 0 Å². The van der Waals surface area contributed by atoms with Crippen molar-refractivity contribution in [3.05, 3.63) is 71.8 Å². The average Bonchev–Trinajstić information content (AvgIpc) is 1.60. The predicted molar refractivity (Wildman–Crippen MR) is 392 cm³/mol. The Labute approximate surface area is 648 Å². The van der Waals surface area contributed by atoms with Gasteiger partial charge in [-0.3, -0.25) is 13.7 Å². The van der Waals surface area contributed by atoms with Gasteiger partial charge < -0.3 is 124 Å². The normalized spacial score (nSPS) is 38.3. The van der Waals surface area contributed by atoms with E-state index in [1.165, 1.54) is 0 Å². The van der Waals surface area contributed by atoms with Crippen molar-refractivity contribution >= 4 is 0 Å². The van der Waals surface area contributed by atoms with Gasteiger partial charge in [-0.2, -0.15) is 0 Å². The zero-order chi connectivity index (χ0) is 84.0. The fourth-order valence-corrected chi connectivity index (χ4v) is 15.4. The van der Waals surface area contributed by atoms with E-state index in [0.29, 0.717) is 65.2 Å². The first-order valence-electron chi connectivity index (χ1n) is 39.0. The van der Waals surface area contributed by atoms with Crippen molar-refractivity contribution in [2.45, 2.75) is 246 Å². The first kappa shape index (κ1) is 101. The van der Waals surface area contributed by atoms with Gasteiger partial charge in [0.1, 0.15) is 0 Å². The molecule has 0 amide bonds. The molecule has 8 aliphatic heterocycles. The predicted octanol–water partition coefficient (Wildman–Crippen LogP) is 0.349. The highest BCUT2D eigenvalue weighted by atomic mass is 19.3. The highest BCUT2D eigenvalue weighted by molar-refractivity contribution is 5.19. The van der Waals surface area contributed by atoms with Gasteiger partial charge in [-0.1, -0.05) is 102 Å². The van der Waals surface area contributed by atoms with E-state index in [2.05, 4.69) is 31.9 Å². The molecular weight excluding hydrogens is 1510 g/mol. The number of halogens is 12. The van der Waals surface area contributed by atoms with E-state index in [1.807, 2.05) is 81.4 Å². The van der Waals surface area contributed by atoms with Crippen LogP contribution in [0.2, 0.25) is 0 Å². The maximum atomic E-state index is 12.8. The van der Waals surface area contributed by atoms with E-state index < -0.39 is 208 Å². The molecule has 2 aromatic carbocycles. The maximum absolute atomic E-state index is 12.8. The molecule has 11 rings (SSSR count). The summed E-state index contributed by atoms with van der Waals surface area (Å²) in [7, 11) is 0. The molecule has 2 unspecified atom stereocenters. The second kappa shape index (κ2) is 50.5. The van der Waals surface area contributed by atoms with Crippen LogP contribution in [0.15, 0.2) is 60.7 Å². The second-order valence-corrected chi connectivity index (χ2v) is 30.5. The van der Waals surface area contributed by atoms with Gasteiger partial charge in [0.25, 0.3) is 5.92 Å². The number of hydrogen-bond donors (Lipinski definition) is 23. The van der Waals surface area contributed by atoms with Gasteiger partial charge in [-0.25, -0.2) is 43.9 Å². The molecule has 1 saturated carbocycles. The molecule has 0 spiro atoms. The molecule has 0 aromatic heterocycles. The zero-order valence-electron chi connectivity index (χ0n) is 64.2. The van der Waals surface area contributed by atoms with E-state index >= 15 is 0 Å². The van der Waals surface area contributed by atoms with E-state index in [0.717, 1.165) is 36.8 Å². The number of unbranched alkanes of at least 4 members (excludes halogenated alkanes) is 1. The van der Waals surface area contributed by atoms with Crippen molar-refractivity contribution in [1.29, 1.82) is 0 Å². The van der Waals surface area contributed by atoms with Crippen LogP contribution in [0.25, 0.3) is 0 Å². The first-order chi connectivity index (χ1) is 52.9. The SMILES string of the molecule is CCCCN1C[C@@H](O)[C@H](O)[C@@H](C(F)F)C1.CC[C@@H]1NC[C@@H](O)[C@H](O)[C@H]1C(F)F.CC[C@@H]1NC[C@@H](O)[C@H](O)[C@H]1CF.CC[C@H]1NC[C@@H](O)[C@H](O)[C@H]1C(F)F.CC[C@H]1NC[C@@H](O)[C@H](O)[C@H]1CF.OC(c1ccccc1)[C@H]1CNC[C@@H](O)[C@@H]1O.O[C@H]1[C@H](O)CN(Cc2ccccc2)C[C@@H]1C(F)F.O[C@H]1[C@H](O)CNC[C@@H]1C1CC1(F)F. The van der Waals surface area contributed by atoms with Crippen LogP contribution >= 0.6 is 0 Å². The fraction of sp³-hybridized carbons (Fsp3) is 0.840. The molecule has 9 aliphatic rings. The van der Waals surface area contributed by atoms with Crippen LogP contribution in [0.1, 0.15) is 96.8 Å². The lowest BCUT2D eigenvalue weighted by Crippen LogP contribution is -2.58. The van der Waals surface area contributed by atoms with Crippen molar-refractivity contribution in [1.82, 2.24) is 41.7 Å². The molecule has 112 heavy (non-hydrogen) atoms. The Morgan fingerprint density at radius 2 is 0.759 bits per heavy atom. The number of alkyl halides is 12. The summed E-state index contributed by atoms with van der Waals surface area (Å²) in [6.45, 7) is 12.9. The molecule has 8 heterocycles. The lowest BCUT2D eigenvalue weighted by atomic mass is 9.85. The lowest BCUT2D eigenvalue weighted by Gasteiger charge is -2.38. The van der Waals surface area contributed by atoms with Gasteiger partial charge in [-0.15, -0.1) is 0 Å². The van der Waals surface area contributed by atoms with E-state index in [4.69, 9.17) is 10.2 Å². The Balaban J connectivity index is 0.000000271. The van der Waals surface area contributed by atoms with Gasteiger partial charge in [0.05, 0.1) is 141 Å². The quantitative estimate of drug-likeness (QED) is 0.0895. The number of likely N-dealkylation sites (tertiary alicyclic amines) is 2. The first-order valence-corrected chi connectivity index (χ1v) is 39.0. The number of benzene rings is 2. The molecule has 0 bridgehead atoms. The van der Waals surface area contributed by atoms with Gasteiger partial charge in [0.15, 0.2) is 0 Å². The summed E-state index contributed by atoms with van der Waals surface area (Å²) in [5, 5.41) is 178. The van der Waals surface area contributed by atoms with Crippen LogP contribution in [-0.2, 0) is 6.54 Å². The van der Waals surface area contributed by atoms with E-state index in [9.17, 15) is 129 Å². The minimum atomic E-state index is -2.62. The highest BCUT2D eigenvalue weighted by Crippen LogP contribution is 2.54. The molecule has 1 aliphatic carbocycles. The van der Waals surface area contributed by atoms with E-state index in [1.54, 1.807) is 23.6 Å². The third kappa shape index (κ3) is 30.4. The Hall–Kier alpha value is -3.40. The Bertz CT molecular complexity index is 2720. The molecule has 0 radical (unpaired) electrons. The van der Waals surface area contributed by atoms with Crippen molar-refractivity contribution in [3.63, 3.8) is 0 Å². The van der Waals surface area contributed by atoms with Gasteiger partial charge in [-0.05, 0) is 49.8 Å². The Kier molecular flexibility index (Phi) is 45.5. The van der Waals surface area contributed by atoms with Crippen LogP contribution in [0.5, 0.6) is 0 Å². The molecule has 23 N–H and O–H groups in total. The molecule has 654 valence electrons.